The van der Waals surface area contributed by atoms with E-state index in [2.05, 4.69) is 58.0 Å². The van der Waals surface area contributed by atoms with Crippen LogP contribution in [-0.2, 0) is 70.6 Å². The average molecular weight is 1560 g/mol. The fraction of sp³-hybridized carbons (Fsp3) is 0.494. The second kappa shape index (κ2) is 33.8. The molecule has 0 amide bonds. The summed E-state index contributed by atoms with van der Waals surface area (Å²) in [7, 11) is 4.57. The molecule has 22 nitrogen and oxygen atoms in total. The molecular formula is C87H99NO21P2. The summed E-state index contributed by atoms with van der Waals surface area (Å²) in [4.78, 5) is 87.6. The Morgan fingerprint density at radius 1 is 0.459 bits per heavy atom. The molecule has 0 radical (unpaired) electrons. The number of allylic oxidation sites excluding steroid dienone is 1. The van der Waals surface area contributed by atoms with Crippen LogP contribution in [-0.4, -0.2) is 159 Å². The monoisotopic (exact) mass is 1560 g/mol. The van der Waals surface area contributed by atoms with Crippen LogP contribution in [0.1, 0.15) is 161 Å². The Morgan fingerprint density at radius 3 is 1.31 bits per heavy atom. The van der Waals surface area contributed by atoms with E-state index >= 15 is 0 Å². The molecule has 24 heteroatoms. The molecular weight excluding hydrogens is 1460 g/mol. The maximum Gasteiger partial charge on any atom is 0.338 e. The minimum Gasteiger partial charge on any atom is -0.452 e. The Morgan fingerprint density at radius 2 is 0.883 bits per heavy atom. The van der Waals surface area contributed by atoms with Gasteiger partial charge in [0, 0.05) is 31.4 Å². The van der Waals surface area contributed by atoms with Crippen molar-refractivity contribution in [1.29, 1.82) is 0 Å². The van der Waals surface area contributed by atoms with E-state index in [0.29, 0.717) is 48.3 Å². The number of ether oxygens (including phenoxy) is 13. The first-order chi connectivity index (χ1) is 53.7. The van der Waals surface area contributed by atoms with Crippen LogP contribution in [0.25, 0.3) is 0 Å². The summed E-state index contributed by atoms with van der Waals surface area (Å²) in [6, 6.07) is 49.1. The molecule has 1 spiro atoms. The van der Waals surface area contributed by atoms with Crippen molar-refractivity contribution in [1.82, 2.24) is 5.32 Å². The first-order valence-corrected chi connectivity index (χ1v) is 40.0. The lowest BCUT2D eigenvalue weighted by atomic mass is 9.47. The lowest BCUT2D eigenvalue weighted by molar-refractivity contribution is -0.383. The maximum atomic E-state index is 14.9. The predicted octanol–water partition coefficient (Wildman–Crippen LogP) is 13.6. The molecule has 0 aromatic heterocycles. The van der Waals surface area contributed by atoms with E-state index in [0.717, 1.165) is 45.1 Å². The fourth-order valence-electron chi connectivity index (χ4n) is 19.7. The standard InChI is InChI=1S/C87H99NO21P2/c1-49-39-44-87(88-47-49)50(2)66-64(108-87)46-63-61-38-37-59-45-60(40-42-85(59,5)62(61)41-43-86(63,66)6)98-84-75(107-83-74(105-81(94)58-35-23-12-24-36-58)71(103-79(92)56-31-19-10-20-32-56)68(52(4)97-83)101-77(90)54-27-15-8-16-28-54)72(109-111)69(65(99-84)48-95-110)106-82-73(104-80(93)57-33-21-11-22-34-57)70(102-78(91)55-29-17-9-18-30-55)67(51(3)96-82)100-76(89)53-25-13-7-14-26-53/h7-37,49-52,60-75,82-84,88H,38-48,110-111H2,1-6H3/t49?,50-,51?,52?,60-,61?,62?,63?,64?,65?,66?,67?,68?,69+,70-,71-,72-,73?,74?,75?,82-,83-,84+,85-,86-,87?/m0/s1. The number of piperidine rings is 1. The Bertz CT molecular complexity index is 4260. The number of carbonyl (C=O) groups is 6. The van der Waals surface area contributed by atoms with Crippen molar-refractivity contribution in [2.75, 3.05) is 13.2 Å². The van der Waals surface area contributed by atoms with Crippen LogP contribution in [0.3, 0.4) is 0 Å². The van der Waals surface area contributed by atoms with Crippen LogP contribution in [0.15, 0.2) is 194 Å². The third kappa shape index (κ3) is 16.1. The van der Waals surface area contributed by atoms with Crippen molar-refractivity contribution in [3.63, 3.8) is 0 Å². The Labute approximate surface area is 652 Å². The summed E-state index contributed by atoms with van der Waals surface area (Å²) >= 11 is 0. The van der Waals surface area contributed by atoms with Gasteiger partial charge in [-0.25, -0.2) is 28.8 Å². The largest absolute Gasteiger partial charge is 0.452 e. The first kappa shape index (κ1) is 78.6. The zero-order chi connectivity index (χ0) is 77.3. The lowest BCUT2D eigenvalue weighted by Crippen LogP contribution is -2.68. The molecule has 1 N–H and O–H groups in total. The molecule has 5 aliphatic heterocycles. The number of hydrogen-bond acceptors (Lipinski definition) is 22. The molecule has 0 bridgehead atoms. The van der Waals surface area contributed by atoms with E-state index in [1.54, 1.807) is 196 Å². The molecule has 15 rings (SSSR count). The highest BCUT2D eigenvalue weighted by Crippen LogP contribution is 2.70. The second-order valence-electron chi connectivity index (χ2n) is 31.9. The molecule has 588 valence electrons. The van der Waals surface area contributed by atoms with Crippen molar-refractivity contribution >= 4 is 54.7 Å². The predicted molar refractivity (Wildman–Crippen MR) is 410 cm³/mol. The molecule has 5 saturated heterocycles. The van der Waals surface area contributed by atoms with Crippen molar-refractivity contribution in [2.45, 2.75) is 209 Å². The van der Waals surface area contributed by atoms with Gasteiger partial charge in [-0.3, -0.25) is 5.32 Å². The SMILES string of the molecule is CC1CCC2(NC1)OC1CC3C4CC=C5C[C@@H](O[C@@H]6OC(COP)[C@@H](O[C@@H]7OC(C)C(OC(=O)c8ccccc8)[C@H](OC(=O)c8ccccc8)C7OC(=O)c7ccccc7)[C@H](OP)C6O[C@@H]6OC(C)C(OC(=O)c7ccccc7)[C@H](OC(=O)c7ccccc7)C6OC(=O)c6ccccc6)CC[C@]5(C)C4CC[C@]3(C)C1[C@@H]2C. The number of benzene rings is 6. The normalized spacial score (nSPS) is 36.8. The highest BCUT2D eigenvalue weighted by molar-refractivity contribution is 7.10. The molecule has 6 aromatic rings. The number of hydrogen-bond donors (Lipinski definition) is 1. The van der Waals surface area contributed by atoms with Gasteiger partial charge >= 0.3 is 35.8 Å². The molecule has 8 fully saturated rings. The third-order valence-corrected chi connectivity index (χ3v) is 25.9. The summed E-state index contributed by atoms with van der Waals surface area (Å²) in [5, 5.41) is 3.92. The third-order valence-electron chi connectivity index (χ3n) is 25.4. The Kier molecular flexibility index (Phi) is 23.9. The zero-order valence-corrected chi connectivity index (χ0v) is 65.5. The van der Waals surface area contributed by atoms with E-state index in [1.165, 1.54) is 12.0 Å². The van der Waals surface area contributed by atoms with Gasteiger partial charge < -0.3 is 70.6 Å². The Hall–Kier alpha value is -7.66. The zero-order valence-electron chi connectivity index (χ0n) is 63.2. The minimum absolute atomic E-state index is 0.110. The first-order valence-electron chi connectivity index (χ1n) is 39.0. The Balaban J connectivity index is 0.795. The number of rotatable bonds is 21. The van der Waals surface area contributed by atoms with Crippen LogP contribution in [0, 0.1) is 46.3 Å². The van der Waals surface area contributed by atoms with Gasteiger partial charge in [0.1, 0.15) is 30.1 Å². The van der Waals surface area contributed by atoms with Crippen LogP contribution >= 0.6 is 18.9 Å². The van der Waals surface area contributed by atoms with Gasteiger partial charge in [0.25, 0.3) is 0 Å². The van der Waals surface area contributed by atoms with E-state index in [9.17, 15) is 28.8 Å². The maximum absolute atomic E-state index is 14.9. The summed E-state index contributed by atoms with van der Waals surface area (Å²) in [6.45, 7) is 13.8. The molecule has 5 heterocycles. The summed E-state index contributed by atoms with van der Waals surface area (Å²) in [6.07, 6.45) is -11.9. The average Bonchev–Trinajstić information content (AvgIpc) is 1.55. The van der Waals surface area contributed by atoms with E-state index in [4.69, 9.17) is 70.6 Å². The summed E-state index contributed by atoms with van der Waals surface area (Å²) in [5.74, 6) is -2.12. The van der Waals surface area contributed by atoms with Gasteiger partial charge in [-0.15, -0.1) is 0 Å². The quantitative estimate of drug-likeness (QED) is 0.0304. The van der Waals surface area contributed by atoms with Crippen LogP contribution in [0.5, 0.6) is 0 Å². The van der Waals surface area contributed by atoms with Crippen molar-refractivity contribution in [3.8, 4) is 0 Å². The molecule has 9 aliphatic rings. The van der Waals surface area contributed by atoms with Gasteiger partial charge in [-0.05, 0) is 185 Å². The van der Waals surface area contributed by atoms with Gasteiger partial charge in [0.15, 0.2) is 55.5 Å². The smallest absolute Gasteiger partial charge is 0.338 e. The van der Waals surface area contributed by atoms with Gasteiger partial charge in [-0.1, -0.05) is 149 Å². The highest BCUT2D eigenvalue weighted by Gasteiger charge is 2.69. The van der Waals surface area contributed by atoms with Gasteiger partial charge in [0.2, 0.25) is 0 Å². The number of esters is 6. The minimum atomic E-state index is -1.76. The highest BCUT2D eigenvalue weighted by atomic mass is 31.0. The second-order valence-corrected chi connectivity index (χ2v) is 32.5. The molecule has 4 aliphatic carbocycles. The molecule has 6 aromatic carbocycles. The summed E-state index contributed by atoms with van der Waals surface area (Å²) < 4.78 is 101. The number of carbonyl (C=O) groups excluding carboxylic acids is 6. The molecule has 28 atom stereocenters. The molecule has 3 saturated carbocycles. The lowest BCUT2D eigenvalue weighted by Gasteiger charge is -2.59. The van der Waals surface area contributed by atoms with Crippen LogP contribution < -0.4 is 5.32 Å². The van der Waals surface area contributed by atoms with E-state index in [-0.39, 0.29) is 62.6 Å². The molecule has 111 heavy (non-hydrogen) atoms. The van der Waals surface area contributed by atoms with Crippen LogP contribution in [0.2, 0.25) is 0 Å². The van der Waals surface area contributed by atoms with E-state index in [1.807, 2.05) is 0 Å². The van der Waals surface area contributed by atoms with Crippen molar-refractivity contribution in [3.05, 3.63) is 227 Å². The van der Waals surface area contributed by atoms with E-state index < -0.39 is 134 Å². The summed E-state index contributed by atoms with van der Waals surface area (Å²) in [5.41, 5.74) is 1.89. The van der Waals surface area contributed by atoms with Crippen molar-refractivity contribution < 1.29 is 99.4 Å². The number of fused-ring (bicyclic) bond motifs is 7. The fourth-order valence-corrected chi connectivity index (χ4v) is 20.2. The van der Waals surface area contributed by atoms with Gasteiger partial charge in [-0.2, -0.15) is 0 Å². The van der Waals surface area contributed by atoms with Gasteiger partial charge in [0.05, 0.1) is 64.4 Å². The van der Waals surface area contributed by atoms with Crippen LogP contribution in [0.4, 0.5) is 0 Å². The molecule has 17 unspecified atom stereocenters. The van der Waals surface area contributed by atoms with Crippen molar-refractivity contribution in [2.24, 2.45) is 46.3 Å². The number of nitrogens with one attached hydrogen (secondary N) is 1. The topological polar surface area (TPSA) is 253 Å².